The number of hydrogen-bond donors (Lipinski definition) is 1. The van der Waals surface area contributed by atoms with Crippen LogP contribution < -0.4 is 5.32 Å². The van der Waals surface area contributed by atoms with Crippen LogP contribution in [0.1, 0.15) is 31.3 Å². The summed E-state index contributed by atoms with van der Waals surface area (Å²) in [7, 11) is 0. The molecule has 19 heavy (non-hydrogen) atoms. The lowest BCUT2D eigenvalue weighted by Gasteiger charge is -2.19. The smallest absolute Gasteiger partial charge is 0.272 e. The van der Waals surface area contributed by atoms with E-state index in [0.29, 0.717) is 5.69 Å². The van der Waals surface area contributed by atoms with Crippen LogP contribution in [0.2, 0.25) is 0 Å². The molecule has 2 rings (SSSR count). The summed E-state index contributed by atoms with van der Waals surface area (Å²) in [6, 6.07) is 7.84. The molecule has 0 spiro atoms. The largest absolute Gasteiger partial charge is 0.346 e. The van der Waals surface area contributed by atoms with E-state index in [2.05, 4.69) is 10.4 Å². The third-order valence-electron chi connectivity index (χ3n) is 2.41. The van der Waals surface area contributed by atoms with Gasteiger partial charge in [0, 0.05) is 11.7 Å². The summed E-state index contributed by atoms with van der Waals surface area (Å²) < 4.78 is 14.9. The summed E-state index contributed by atoms with van der Waals surface area (Å²) in [6.07, 6.45) is 1.57. The first-order chi connectivity index (χ1) is 8.87. The summed E-state index contributed by atoms with van der Waals surface area (Å²) >= 11 is 0. The van der Waals surface area contributed by atoms with E-state index in [4.69, 9.17) is 0 Å². The van der Waals surface area contributed by atoms with Crippen LogP contribution >= 0.6 is 0 Å². The van der Waals surface area contributed by atoms with Gasteiger partial charge in [0.1, 0.15) is 11.5 Å². The van der Waals surface area contributed by atoms with E-state index < -0.39 is 0 Å². The Morgan fingerprint density at radius 2 is 1.95 bits per heavy atom. The molecule has 0 unspecified atom stereocenters. The van der Waals surface area contributed by atoms with Gasteiger partial charge in [-0.2, -0.15) is 5.10 Å². The van der Waals surface area contributed by atoms with Crippen molar-refractivity contribution in [2.24, 2.45) is 0 Å². The molecule has 1 aromatic heterocycles. The quantitative estimate of drug-likeness (QED) is 0.903. The first kappa shape index (κ1) is 13.3. The van der Waals surface area contributed by atoms with E-state index >= 15 is 0 Å². The van der Waals surface area contributed by atoms with Crippen molar-refractivity contribution in [3.8, 4) is 5.69 Å². The number of amides is 1. The molecule has 100 valence electrons. The van der Waals surface area contributed by atoms with Gasteiger partial charge in [-0.1, -0.05) is 12.1 Å². The van der Waals surface area contributed by atoms with Gasteiger partial charge in [-0.15, -0.1) is 0 Å². The number of nitrogens with one attached hydrogen (secondary N) is 1. The van der Waals surface area contributed by atoms with Gasteiger partial charge < -0.3 is 5.32 Å². The SMILES string of the molecule is CC(C)(C)NC(=O)c1ccn(-c2ccccc2F)n1. The number of halogens is 1. The molecule has 1 aromatic carbocycles. The number of aromatic nitrogens is 2. The van der Waals surface area contributed by atoms with Crippen molar-refractivity contribution in [3.63, 3.8) is 0 Å². The summed E-state index contributed by atoms with van der Waals surface area (Å²) in [5.74, 6) is -0.657. The maximum atomic E-state index is 13.6. The summed E-state index contributed by atoms with van der Waals surface area (Å²) in [5.41, 5.74) is 0.245. The molecule has 0 fully saturated rings. The molecule has 0 bridgehead atoms. The molecule has 1 amide bonds. The zero-order chi connectivity index (χ0) is 14.0. The number of para-hydroxylation sites is 1. The van der Waals surface area contributed by atoms with Crippen molar-refractivity contribution >= 4 is 5.91 Å². The summed E-state index contributed by atoms with van der Waals surface area (Å²) in [4.78, 5) is 11.9. The van der Waals surface area contributed by atoms with Crippen LogP contribution in [0.15, 0.2) is 36.5 Å². The van der Waals surface area contributed by atoms with Crippen LogP contribution in [0.25, 0.3) is 5.69 Å². The highest BCUT2D eigenvalue weighted by molar-refractivity contribution is 5.92. The van der Waals surface area contributed by atoms with Crippen LogP contribution in [0.3, 0.4) is 0 Å². The second kappa shape index (κ2) is 4.84. The normalized spacial score (nSPS) is 11.4. The van der Waals surface area contributed by atoms with Crippen molar-refractivity contribution in [2.45, 2.75) is 26.3 Å². The van der Waals surface area contributed by atoms with E-state index in [1.807, 2.05) is 20.8 Å². The second-order valence-corrected chi connectivity index (χ2v) is 5.30. The average Bonchev–Trinajstić information content (AvgIpc) is 2.76. The Morgan fingerprint density at radius 3 is 2.58 bits per heavy atom. The van der Waals surface area contributed by atoms with Gasteiger partial charge in [0.25, 0.3) is 5.91 Å². The topological polar surface area (TPSA) is 46.9 Å². The van der Waals surface area contributed by atoms with E-state index in [1.165, 1.54) is 10.7 Å². The van der Waals surface area contributed by atoms with Gasteiger partial charge in [0.05, 0.1) is 0 Å². The van der Waals surface area contributed by atoms with E-state index in [9.17, 15) is 9.18 Å². The highest BCUT2D eigenvalue weighted by Gasteiger charge is 2.17. The molecule has 0 saturated heterocycles. The lowest BCUT2D eigenvalue weighted by Crippen LogP contribution is -2.40. The fourth-order valence-corrected chi connectivity index (χ4v) is 1.62. The van der Waals surface area contributed by atoms with E-state index in [0.717, 1.165) is 0 Å². The predicted molar refractivity (Wildman–Crippen MR) is 70.7 cm³/mol. The molecule has 1 heterocycles. The third kappa shape index (κ3) is 3.19. The first-order valence-electron chi connectivity index (χ1n) is 6.00. The number of hydrogen-bond acceptors (Lipinski definition) is 2. The molecule has 2 aromatic rings. The lowest BCUT2D eigenvalue weighted by atomic mass is 10.1. The first-order valence-corrected chi connectivity index (χ1v) is 6.00. The number of nitrogens with zero attached hydrogens (tertiary/aromatic N) is 2. The molecule has 0 aliphatic rings. The van der Waals surface area contributed by atoms with Gasteiger partial charge in [-0.3, -0.25) is 4.79 Å². The van der Waals surface area contributed by atoms with Crippen LogP contribution in [0, 0.1) is 5.82 Å². The van der Waals surface area contributed by atoms with Gasteiger partial charge in [-0.05, 0) is 39.0 Å². The van der Waals surface area contributed by atoms with Crippen LogP contribution in [-0.4, -0.2) is 21.2 Å². The average molecular weight is 261 g/mol. The monoisotopic (exact) mass is 261 g/mol. The lowest BCUT2D eigenvalue weighted by molar-refractivity contribution is 0.0914. The molecule has 5 heteroatoms. The van der Waals surface area contributed by atoms with Crippen molar-refractivity contribution in [1.29, 1.82) is 0 Å². The summed E-state index contributed by atoms with van der Waals surface area (Å²) in [5, 5.41) is 6.90. The Morgan fingerprint density at radius 1 is 1.26 bits per heavy atom. The van der Waals surface area contributed by atoms with Gasteiger partial charge in [-0.25, -0.2) is 9.07 Å². The molecule has 0 aliphatic carbocycles. The number of carbonyl (C=O) groups excluding carboxylic acids is 1. The van der Waals surface area contributed by atoms with Crippen molar-refractivity contribution in [2.75, 3.05) is 0 Å². The Labute approximate surface area is 111 Å². The molecule has 0 saturated carbocycles. The van der Waals surface area contributed by atoms with Gasteiger partial charge >= 0.3 is 0 Å². The predicted octanol–water partition coefficient (Wildman–Crippen LogP) is 2.54. The minimum absolute atomic E-state index is 0.262. The Kier molecular flexibility index (Phi) is 3.38. The maximum absolute atomic E-state index is 13.6. The highest BCUT2D eigenvalue weighted by atomic mass is 19.1. The number of carbonyl (C=O) groups is 1. The Bertz CT molecular complexity index is 599. The van der Waals surface area contributed by atoms with Crippen molar-refractivity contribution in [3.05, 3.63) is 48.0 Å². The third-order valence-corrected chi connectivity index (χ3v) is 2.41. The van der Waals surface area contributed by atoms with Crippen LogP contribution in [0.4, 0.5) is 4.39 Å². The minimum Gasteiger partial charge on any atom is -0.346 e. The van der Waals surface area contributed by atoms with E-state index in [1.54, 1.807) is 30.5 Å². The van der Waals surface area contributed by atoms with Crippen LogP contribution in [-0.2, 0) is 0 Å². The number of rotatable bonds is 2. The fourth-order valence-electron chi connectivity index (χ4n) is 1.62. The van der Waals surface area contributed by atoms with Crippen LogP contribution in [0.5, 0.6) is 0 Å². The number of benzene rings is 1. The standard InChI is InChI=1S/C14H16FN3O/c1-14(2,3)16-13(19)11-8-9-18(17-11)12-7-5-4-6-10(12)15/h4-9H,1-3H3,(H,16,19). The van der Waals surface area contributed by atoms with Gasteiger partial charge in [0.15, 0.2) is 5.69 Å². The molecule has 0 aliphatic heterocycles. The molecular formula is C14H16FN3O. The zero-order valence-corrected chi connectivity index (χ0v) is 11.1. The molecule has 0 atom stereocenters. The zero-order valence-electron chi connectivity index (χ0n) is 11.1. The van der Waals surface area contributed by atoms with Gasteiger partial charge in [0.2, 0.25) is 0 Å². The van der Waals surface area contributed by atoms with E-state index in [-0.39, 0.29) is 23.0 Å². The highest BCUT2D eigenvalue weighted by Crippen LogP contribution is 2.12. The van der Waals surface area contributed by atoms with Crippen molar-refractivity contribution < 1.29 is 9.18 Å². The molecular weight excluding hydrogens is 245 g/mol. The minimum atomic E-state index is -0.381. The second-order valence-electron chi connectivity index (χ2n) is 5.30. The maximum Gasteiger partial charge on any atom is 0.272 e. The van der Waals surface area contributed by atoms with Crippen molar-refractivity contribution in [1.82, 2.24) is 15.1 Å². The molecule has 1 N–H and O–H groups in total. The molecule has 4 nitrogen and oxygen atoms in total. The molecule has 0 radical (unpaired) electrons. The Hall–Kier alpha value is -2.17. The summed E-state index contributed by atoms with van der Waals surface area (Å²) in [6.45, 7) is 5.66. The Balaban J connectivity index is 2.25. The fraction of sp³-hybridized carbons (Fsp3) is 0.286.